The molecule has 1 amide bonds. The number of benzene rings is 2. The van der Waals surface area contributed by atoms with Crippen molar-refractivity contribution in [1.29, 1.82) is 0 Å². The van der Waals surface area contributed by atoms with Gasteiger partial charge in [-0.1, -0.05) is 18.2 Å². The van der Waals surface area contributed by atoms with Crippen LogP contribution in [0.25, 0.3) is 0 Å². The topological polar surface area (TPSA) is 50.4 Å². The van der Waals surface area contributed by atoms with E-state index in [9.17, 15) is 31.1 Å². The van der Waals surface area contributed by atoms with Crippen molar-refractivity contribution in [3.8, 4) is 5.75 Å². The molecule has 2 rings (SSSR count). The molecule has 0 bridgehead atoms. The number of alkyl halides is 6. The van der Waals surface area contributed by atoms with Crippen LogP contribution in [0.5, 0.6) is 5.75 Å². The van der Waals surface area contributed by atoms with E-state index in [0.29, 0.717) is 0 Å². The van der Waals surface area contributed by atoms with Crippen molar-refractivity contribution in [1.82, 2.24) is 5.32 Å². The lowest BCUT2D eigenvalue weighted by Crippen LogP contribution is -2.72. The molecular weight excluding hydrogens is 378 g/mol. The maximum atomic E-state index is 13.6. The lowest BCUT2D eigenvalue weighted by Gasteiger charge is -2.39. The summed E-state index contributed by atoms with van der Waals surface area (Å²) in [6, 6.07) is 10.6. The molecule has 0 aliphatic rings. The van der Waals surface area contributed by atoms with Crippen molar-refractivity contribution < 1.29 is 35.9 Å². The molecule has 0 heterocycles. The van der Waals surface area contributed by atoms with Gasteiger partial charge in [0.15, 0.2) is 0 Å². The summed E-state index contributed by atoms with van der Waals surface area (Å²) in [4.78, 5) is 12.1. The van der Waals surface area contributed by atoms with E-state index in [1.165, 1.54) is 42.8 Å². The number of anilines is 1. The highest BCUT2D eigenvalue weighted by Crippen LogP contribution is 2.43. The predicted octanol–water partition coefficient (Wildman–Crippen LogP) is 4.36. The number of rotatable bonds is 5. The van der Waals surface area contributed by atoms with Crippen LogP contribution in [0.3, 0.4) is 0 Å². The van der Waals surface area contributed by atoms with Crippen LogP contribution in [0.4, 0.5) is 32.0 Å². The third-order valence-electron chi connectivity index (χ3n) is 3.61. The molecule has 0 atom stereocenters. The highest BCUT2D eigenvalue weighted by atomic mass is 19.4. The fraction of sp³-hybridized carbons (Fsp3) is 0.235. The van der Waals surface area contributed by atoms with Crippen molar-refractivity contribution in [2.24, 2.45) is 0 Å². The Morgan fingerprint density at radius 1 is 0.852 bits per heavy atom. The first-order valence-corrected chi connectivity index (χ1v) is 7.43. The van der Waals surface area contributed by atoms with Crippen LogP contribution in [0, 0.1) is 0 Å². The van der Waals surface area contributed by atoms with Crippen LogP contribution in [0.2, 0.25) is 0 Å². The highest BCUT2D eigenvalue weighted by Gasteiger charge is 2.72. The molecule has 0 saturated heterocycles. The number of hydrogen-bond acceptors (Lipinski definition) is 3. The summed E-state index contributed by atoms with van der Waals surface area (Å²) in [5.74, 6) is -1.30. The molecule has 0 radical (unpaired) electrons. The zero-order valence-corrected chi connectivity index (χ0v) is 13.8. The highest BCUT2D eigenvalue weighted by molar-refractivity contribution is 5.95. The lowest BCUT2D eigenvalue weighted by atomic mass is 10.1. The molecule has 0 fully saturated rings. The Morgan fingerprint density at radius 3 is 1.81 bits per heavy atom. The lowest BCUT2D eigenvalue weighted by molar-refractivity contribution is -0.294. The van der Waals surface area contributed by atoms with Crippen molar-refractivity contribution >= 4 is 11.6 Å². The molecule has 2 N–H and O–H groups in total. The minimum atomic E-state index is -5.89. The van der Waals surface area contributed by atoms with Crippen LogP contribution in [0.1, 0.15) is 10.4 Å². The standard InChI is InChI=1S/C17H14F6N2O2/c1-27-13-9-7-12(8-10-13)24-15(16(18,19)20,17(21,22)23)25-14(26)11-5-3-2-4-6-11/h2-10,24H,1H3,(H,25,26). The fourth-order valence-electron chi connectivity index (χ4n) is 2.20. The molecule has 0 aliphatic heterocycles. The van der Waals surface area contributed by atoms with Gasteiger partial charge in [-0.05, 0) is 36.4 Å². The quantitative estimate of drug-likeness (QED) is 0.587. The number of nitrogens with one attached hydrogen (secondary N) is 2. The number of methoxy groups -OCH3 is 1. The van der Waals surface area contributed by atoms with Gasteiger partial charge in [0, 0.05) is 11.3 Å². The molecule has 2 aromatic carbocycles. The summed E-state index contributed by atoms with van der Waals surface area (Å²) in [5.41, 5.74) is -5.56. The second kappa shape index (κ2) is 7.37. The van der Waals surface area contributed by atoms with E-state index in [-0.39, 0.29) is 11.3 Å². The summed E-state index contributed by atoms with van der Waals surface area (Å²) < 4.78 is 86.2. The van der Waals surface area contributed by atoms with Crippen molar-refractivity contribution in [3.05, 3.63) is 60.2 Å². The predicted molar refractivity (Wildman–Crippen MR) is 85.4 cm³/mol. The molecule has 2 aromatic rings. The van der Waals surface area contributed by atoms with Crippen LogP contribution in [-0.2, 0) is 0 Å². The van der Waals surface area contributed by atoms with Crippen LogP contribution < -0.4 is 15.4 Å². The van der Waals surface area contributed by atoms with Gasteiger partial charge >= 0.3 is 18.0 Å². The minimum Gasteiger partial charge on any atom is -0.497 e. The third-order valence-corrected chi connectivity index (χ3v) is 3.61. The van der Waals surface area contributed by atoms with Gasteiger partial charge in [-0.15, -0.1) is 0 Å². The zero-order chi connectivity index (χ0) is 20.3. The SMILES string of the molecule is COc1ccc(NC(NC(=O)c2ccccc2)(C(F)(F)F)C(F)(F)F)cc1. The van der Waals surface area contributed by atoms with E-state index >= 15 is 0 Å². The van der Waals surface area contributed by atoms with E-state index < -0.39 is 29.6 Å². The number of carbonyl (C=O) groups is 1. The second-order valence-electron chi connectivity index (χ2n) is 5.42. The average Bonchev–Trinajstić information content (AvgIpc) is 2.60. The summed E-state index contributed by atoms with van der Waals surface area (Å²) in [7, 11) is 1.29. The normalized spacial score (nSPS) is 12.4. The Hall–Kier alpha value is -2.91. The minimum absolute atomic E-state index is 0.235. The van der Waals surface area contributed by atoms with Gasteiger partial charge in [0.1, 0.15) is 5.75 Å². The molecule has 4 nitrogen and oxygen atoms in total. The van der Waals surface area contributed by atoms with E-state index in [0.717, 1.165) is 29.6 Å². The average molecular weight is 392 g/mol. The third kappa shape index (κ3) is 4.26. The Bertz CT molecular complexity index is 759. The van der Waals surface area contributed by atoms with Crippen molar-refractivity contribution in [2.45, 2.75) is 18.0 Å². The summed E-state index contributed by atoms with van der Waals surface area (Å²) >= 11 is 0. The van der Waals surface area contributed by atoms with Crippen LogP contribution >= 0.6 is 0 Å². The molecule has 0 aromatic heterocycles. The van der Waals surface area contributed by atoms with Gasteiger partial charge < -0.3 is 15.4 Å². The Labute approximate surface area is 150 Å². The summed E-state index contributed by atoms with van der Waals surface area (Å²) in [5, 5.41) is 2.46. The van der Waals surface area contributed by atoms with E-state index in [1.54, 1.807) is 0 Å². The van der Waals surface area contributed by atoms with Crippen LogP contribution in [0.15, 0.2) is 54.6 Å². The van der Waals surface area contributed by atoms with Gasteiger partial charge in [0.25, 0.3) is 5.91 Å². The van der Waals surface area contributed by atoms with Gasteiger partial charge in [-0.3, -0.25) is 4.79 Å². The van der Waals surface area contributed by atoms with E-state index in [4.69, 9.17) is 4.74 Å². The summed E-state index contributed by atoms with van der Waals surface area (Å²) in [6.07, 6.45) is -11.8. The van der Waals surface area contributed by atoms with Gasteiger partial charge in [-0.25, -0.2) is 0 Å². The second-order valence-corrected chi connectivity index (χ2v) is 5.42. The first-order chi connectivity index (χ1) is 12.5. The first kappa shape index (κ1) is 20.4. The molecular formula is C17H14F6N2O2. The number of amides is 1. The zero-order valence-electron chi connectivity index (χ0n) is 13.8. The Morgan fingerprint density at radius 2 is 1.37 bits per heavy atom. The van der Waals surface area contributed by atoms with E-state index in [1.807, 2.05) is 0 Å². The molecule has 146 valence electrons. The summed E-state index contributed by atoms with van der Waals surface area (Å²) in [6.45, 7) is 0. The molecule has 27 heavy (non-hydrogen) atoms. The largest absolute Gasteiger partial charge is 0.497 e. The molecule has 10 heteroatoms. The van der Waals surface area contributed by atoms with Gasteiger partial charge in [0.2, 0.25) is 0 Å². The number of ether oxygens (including phenoxy) is 1. The van der Waals surface area contributed by atoms with Crippen molar-refractivity contribution in [2.75, 3.05) is 12.4 Å². The smallest absolute Gasteiger partial charge is 0.439 e. The first-order valence-electron chi connectivity index (χ1n) is 7.43. The van der Waals surface area contributed by atoms with Gasteiger partial charge in [-0.2, -0.15) is 26.3 Å². The molecule has 0 aliphatic carbocycles. The molecule has 0 unspecified atom stereocenters. The Kier molecular flexibility index (Phi) is 5.57. The van der Waals surface area contributed by atoms with Gasteiger partial charge in [0.05, 0.1) is 7.11 Å². The number of carbonyl (C=O) groups excluding carboxylic acids is 1. The number of halogens is 6. The van der Waals surface area contributed by atoms with Crippen LogP contribution in [-0.4, -0.2) is 31.0 Å². The molecule has 0 spiro atoms. The maximum absolute atomic E-state index is 13.6. The maximum Gasteiger partial charge on any atom is 0.439 e. The monoisotopic (exact) mass is 392 g/mol. The molecule has 0 saturated carbocycles. The fourth-order valence-corrected chi connectivity index (χ4v) is 2.20. The number of hydrogen-bond donors (Lipinski definition) is 2. The van der Waals surface area contributed by atoms with E-state index in [2.05, 4.69) is 0 Å². The van der Waals surface area contributed by atoms with Crippen molar-refractivity contribution in [3.63, 3.8) is 0 Å². The Balaban J connectivity index is 2.47.